The summed E-state index contributed by atoms with van der Waals surface area (Å²) in [6.45, 7) is 7.67. The summed E-state index contributed by atoms with van der Waals surface area (Å²) in [4.78, 5) is 12.2. The number of rotatable bonds is 5. The molecule has 0 saturated heterocycles. The number of carbonyl (C=O) groups is 1. The predicted molar refractivity (Wildman–Crippen MR) is 80.5 cm³/mol. The lowest BCUT2D eigenvalue weighted by molar-refractivity contribution is -0.122. The van der Waals surface area contributed by atoms with Crippen molar-refractivity contribution in [2.24, 2.45) is 0 Å². The maximum absolute atomic E-state index is 12.2. The first-order valence-electron chi connectivity index (χ1n) is 6.98. The molecule has 1 aromatic carbocycles. The summed E-state index contributed by atoms with van der Waals surface area (Å²) in [6, 6.07) is 7.48. The summed E-state index contributed by atoms with van der Waals surface area (Å²) < 4.78 is 10.8. The van der Waals surface area contributed by atoms with Crippen molar-refractivity contribution in [2.75, 3.05) is 5.32 Å². The summed E-state index contributed by atoms with van der Waals surface area (Å²) >= 11 is 0. The number of aryl methyl sites for hydroxylation is 2. The Labute approximate surface area is 124 Å². The second-order valence-corrected chi connectivity index (χ2v) is 5.02. The van der Waals surface area contributed by atoms with Gasteiger partial charge in [0.25, 0.3) is 5.91 Å². The third-order valence-corrected chi connectivity index (χ3v) is 3.37. The molecule has 0 aliphatic rings. The lowest BCUT2D eigenvalue weighted by Gasteiger charge is -2.18. The first kappa shape index (κ1) is 15.1. The van der Waals surface area contributed by atoms with Gasteiger partial charge in [0.2, 0.25) is 0 Å². The van der Waals surface area contributed by atoms with Crippen LogP contribution in [-0.2, 0) is 4.79 Å². The van der Waals surface area contributed by atoms with Crippen LogP contribution in [0, 0.1) is 20.8 Å². The van der Waals surface area contributed by atoms with Gasteiger partial charge in [-0.3, -0.25) is 4.79 Å². The summed E-state index contributed by atoms with van der Waals surface area (Å²) in [5, 5.41) is 6.45. The third-order valence-electron chi connectivity index (χ3n) is 3.37. The van der Waals surface area contributed by atoms with Gasteiger partial charge in [-0.25, -0.2) is 0 Å². The van der Waals surface area contributed by atoms with Crippen molar-refractivity contribution in [3.05, 3.63) is 41.2 Å². The minimum Gasteiger partial charge on any atom is -0.480 e. The van der Waals surface area contributed by atoms with E-state index >= 15 is 0 Å². The van der Waals surface area contributed by atoms with E-state index in [2.05, 4.69) is 10.5 Å². The van der Waals surface area contributed by atoms with Crippen molar-refractivity contribution in [3.8, 4) is 5.75 Å². The van der Waals surface area contributed by atoms with E-state index in [1.54, 1.807) is 13.0 Å². The number of hydrogen-bond acceptors (Lipinski definition) is 4. The molecule has 5 nitrogen and oxygen atoms in total. The van der Waals surface area contributed by atoms with Gasteiger partial charge in [0, 0.05) is 6.07 Å². The van der Waals surface area contributed by atoms with Crippen LogP contribution in [0.4, 0.5) is 5.82 Å². The average Bonchev–Trinajstić information content (AvgIpc) is 2.85. The van der Waals surface area contributed by atoms with E-state index in [4.69, 9.17) is 9.26 Å². The van der Waals surface area contributed by atoms with Crippen molar-refractivity contribution in [3.63, 3.8) is 0 Å². The van der Waals surface area contributed by atoms with Gasteiger partial charge in [-0.2, -0.15) is 0 Å². The van der Waals surface area contributed by atoms with E-state index < -0.39 is 6.10 Å². The number of amides is 1. The average molecular weight is 288 g/mol. The van der Waals surface area contributed by atoms with Gasteiger partial charge in [0.15, 0.2) is 11.9 Å². The predicted octanol–water partition coefficient (Wildman–Crippen LogP) is 3.40. The van der Waals surface area contributed by atoms with Gasteiger partial charge in [0.1, 0.15) is 11.5 Å². The topological polar surface area (TPSA) is 64.4 Å². The van der Waals surface area contributed by atoms with Crippen LogP contribution in [-0.4, -0.2) is 17.2 Å². The van der Waals surface area contributed by atoms with Gasteiger partial charge in [-0.1, -0.05) is 24.2 Å². The molecule has 1 unspecified atom stereocenters. The molecular formula is C16H20N2O3. The number of carbonyl (C=O) groups excluding carboxylic acids is 1. The van der Waals surface area contributed by atoms with E-state index in [1.165, 1.54) is 0 Å². The van der Waals surface area contributed by atoms with Gasteiger partial charge >= 0.3 is 0 Å². The molecule has 0 fully saturated rings. The van der Waals surface area contributed by atoms with Crippen LogP contribution in [0.1, 0.15) is 30.2 Å². The first-order valence-corrected chi connectivity index (χ1v) is 6.98. The number of benzene rings is 1. The molecule has 0 spiro atoms. The van der Waals surface area contributed by atoms with Crippen molar-refractivity contribution in [1.29, 1.82) is 0 Å². The molecule has 112 valence electrons. The molecule has 1 heterocycles. The fraction of sp³-hybridized carbons (Fsp3) is 0.375. The highest BCUT2D eigenvalue weighted by Gasteiger charge is 2.20. The van der Waals surface area contributed by atoms with Gasteiger partial charge in [-0.15, -0.1) is 0 Å². The molecule has 2 rings (SSSR count). The van der Waals surface area contributed by atoms with Crippen LogP contribution >= 0.6 is 0 Å². The Morgan fingerprint density at radius 2 is 2.14 bits per heavy atom. The molecule has 1 amide bonds. The molecule has 0 radical (unpaired) electrons. The smallest absolute Gasteiger partial charge is 0.266 e. The molecule has 0 aliphatic carbocycles. The van der Waals surface area contributed by atoms with Crippen LogP contribution in [0.2, 0.25) is 0 Å². The van der Waals surface area contributed by atoms with E-state index in [0.29, 0.717) is 18.0 Å². The number of nitrogens with one attached hydrogen (secondary N) is 1. The lowest BCUT2D eigenvalue weighted by Crippen LogP contribution is -2.32. The quantitative estimate of drug-likeness (QED) is 0.915. The Kier molecular flexibility index (Phi) is 4.62. The summed E-state index contributed by atoms with van der Waals surface area (Å²) in [5.41, 5.74) is 2.18. The van der Waals surface area contributed by atoms with Gasteiger partial charge in [0.05, 0.1) is 0 Å². The summed E-state index contributed by atoms with van der Waals surface area (Å²) in [7, 11) is 0. The molecule has 1 N–H and O–H groups in total. The van der Waals surface area contributed by atoms with Crippen LogP contribution in [0.3, 0.4) is 0 Å². The molecule has 5 heteroatoms. The Bertz CT molecular complexity index is 634. The van der Waals surface area contributed by atoms with E-state index in [0.717, 1.165) is 16.9 Å². The Balaban J connectivity index is 2.08. The number of anilines is 1. The maximum atomic E-state index is 12.2. The molecule has 0 bridgehead atoms. The maximum Gasteiger partial charge on any atom is 0.266 e. The molecular weight excluding hydrogens is 268 g/mol. The summed E-state index contributed by atoms with van der Waals surface area (Å²) in [6.07, 6.45) is -0.00160. The monoisotopic (exact) mass is 288 g/mol. The standard InChI is InChI=1S/C16H20N2O3/c1-5-13(16(19)17-15-9-11(3)21-18-15)20-14-8-6-7-10(2)12(14)4/h6-9,13H,5H2,1-4H3,(H,17,18,19). The Morgan fingerprint density at radius 3 is 2.76 bits per heavy atom. The fourth-order valence-electron chi connectivity index (χ4n) is 1.96. The highest BCUT2D eigenvalue weighted by atomic mass is 16.5. The zero-order chi connectivity index (χ0) is 15.4. The normalized spacial score (nSPS) is 12.0. The molecule has 1 atom stereocenters. The van der Waals surface area contributed by atoms with Crippen molar-refractivity contribution in [2.45, 2.75) is 40.2 Å². The zero-order valence-electron chi connectivity index (χ0n) is 12.8. The number of aromatic nitrogens is 1. The highest BCUT2D eigenvalue weighted by Crippen LogP contribution is 2.22. The second-order valence-electron chi connectivity index (χ2n) is 5.02. The van der Waals surface area contributed by atoms with Gasteiger partial charge in [-0.05, 0) is 44.4 Å². The van der Waals surface area contributed by atoms with Crippen molar-refractivity contribution < 1.29 is 14.1 Å². The van der Waals surface area contributed by atoms with Crippen molar-refractivity contribution in [1.82, 2.24) is 5.16 Å². The second kappa shape index (κ2) is 6.43. The number of nitrogens with zero attached hydrogens (tertiary/aromatic N) is 1. The van der Waals surface area contributed by atoms with E-state index in [9.17, 15) is 4.79 Å². The van der Waals surface area contributed by atoms with Crippen LogP contribution < -0.4 is 10.1 Å². The zero-order valence-corrected chi connectivity index (χ0v) is 12.8. The molecule has 0 saturated carbocycles. The minimum atomic E-state index is -0.567. The molecule has 2 aromatic rings. The Morgan fingerprint density at radius 1 is 1.38 bits per heavy atom. The van der Waals surface area contributed by atoms with Gasteiger partial charge < -0.3 is 14.6 Å². The minimum absolute atomic E-state index is 0.230. The molecule has 21 heavy (non-hydrogen) atoms. The van der Waals surface area contributed by atoms with Crippen LogP contribution in [0.5, 0.6) is 5.75 Å². The highest BCUT2D eigenvalue weighted by molar-refractivity contribution is 5.93. The SMILES string of the molecule is CCC(Oc1cccc(C)c1C)C(=O)Nc1cc(C)on1. The van der Waals surface area contributed by atoms with Crippen molar-refractivity contribution >= 4 is 11.7 Å². The Hall–Kier alpha value is -2.30. The largest absolute Gasteiger partial charge is 0.480 e. The summed E-state index contributed by atoms with van der Waals surface area (Å²) in [5.74, 6) is 1.55. The van der Waals surface area contributed by atoms with E-state index in [1.807, 2.05) is 39.0 Å². The van der Waals surface area contributed by atoms with E-state index in [-0.39, 0.29) is 5.91 Å². The number of hydrogen-bond donors (Lipinski definition) is 1. The lowest BCUT2D eigenvalue weighted by atomic mass is 10.1. The fourth-order valence-corrected chi connectivity index (χ4v) is 1.96. The molecule has 0 aliphatic heterocycles. The van der Waals surface area contributed by atoms with Crippen LogP contribution in [0.25, 0.3) is 0 Å². The first-order chi connectivity index (χ1) is 10.0. The molecule has 1 aromatic heterocycles. The third kappa shape index (κ3) is 3.62. The van der Waals surface area contributed by atoms with Crippen LogP contribution in [0.15, 0.2) is 28.8 Å². The number of ether oxygens (including phenoxy) is 1.